The molecule has 2 aliphatic carbocycles. The van der Waals surface area contributed by atoms with E-state index >= 15 is 0 Å². The molecular weight excluding hydrogens is 397 g/mol. The molecule has 0 aromatic heterocycles. The van der Waals surface area contributed by atoms with Crippen molar-refractivity contribution < 1.29 is 4.79 Å². The zero-order valence-electron chi connectivity index (χ0n) is 13.4. The van der Waals surface area contributed by atoms with Crippen molar-refractivity contribution >= 4 is 58.2 Å². The number of thioether (sulfide) groups is 1. The second-order valence-corrected chi connectivity index (χ2v) is 8.43. The predicted molar refractivity (Wildman–Crippen MR) is 109 cm³/mol. The second kappa shape index (κ2) is 8.62. The fraction of sp³-hybridized carbons (Fsp3) is 0.412. The maximum Gasteiger partial charge on any atom is 0.248 e. The van der Waals surface area contributed by atoms with Gasteiger partial charge in [0, 0.05) is 21.8 Å². The number of rotatable bonds is 5. The Labute approximate surface area is 167 Å². The number of hydrogen-bond acceptors (Lipinski definition) is 3. The summed E-state index contributed by atoms with van der Waals surface area (Å²) < 4.78 is 0. The lowest BCUT2D eigenvalue weighted by Crippen LogP contribution is -2.50. The van der Waals surface area contributed by atoms with Gasteiger partial charge in [0.1, 0.15) is 0 Å². The van der Waals surface area contributed by atoms with Crippen molar-refractivity contribution in [3.63, 3.8) is 0 Å². The molecule has 0 aliphatic heterocycles. The predicted octanol–water partition coefficient (Wildman–Crippen LogP) is 3.69. The molecule has 1 aromatic rings. The molecule has 3 atom stereocenters. The lowest BCUT2D eigenvalue weighted by atomic mass is 10.0. The fourth-order valence-corrected chi connectivity index (χ4v) is 5.00. The molecule has 3 N–H and O–H groups in total. The van der Waals surface area contributed by atoms with Gasteiger partial charge in [0.25, 0.3) is 0 Å². The summed E-state index contributed by atoms with van der Waals surface area (Å²) >= 11 is 18.9. The molecule has 134 valence electrons. The van der Waals surface area contributed by atoms with E-state index in [-0.39, 0.29) is 11.7 Å². The van der Waals surface area contributed by atoms with Crippen molar-refractivity contribution in [1.82, 2.24) is 16.2 Å². The quantitative estimate of drug-likeness (QED) is 0.388. The van der Waals surface area contributed by atoms with Crippen LogP contribution in [0.5, 0.6) is 0 Å². The van der Waals surface area contributed by atoms with Crippen molar-refractivity contribution in [2.24, 2.45) is 11.8 Å². The molecule has 0 heterocycles. The molecule has 25 heavy (non-hydrogen) atoms. The van der Waals surface area contributed by atoms with Crippen LogP contribution in [-0.2, 0) is 10.5 Å². The number of fused-ring (bicyclic) bond motifs is 2. The SMILES string of the molecule is O=C(CSCc1c(Cl)cccc1Cl)NNC(=S)N[C@H]1C[C@@H]2C=C[C@H]1C2. The second-order valence-electron chi connectivity index (χ2n) is 6.23. The van der Waals surface area contributed by atoms with Gasteiger partial charge in [-0.1, -0.05) is 41.4 Å². The van der Waals surface area contributed by atoms with E-state index in [0.29, 0.717) is 38.8 Å². The first kappa shape index (κ1) is 18.8. The molecule has 0 radical (unpaired) electrons. The monoisotopic (exact) mass is 415 g/mol. The van der Waals surface area contributed by atoms with Crippen LogP contribution >= 0.6 is 47.2 Å². The highest BCUT2D eigenvalue weighted by molar-refractivity contribution is 7.99. The number of hydrogen-bond donors (Lipinski definition) is 3. The van der Waals surface area contributed by atoms with Gasteiger partial charge < -0.3 is 5.32 Å². The van der Waals surface area contributed by atoms with Gasteiger partial charge in [0.2, 0.25) is 5.91 Å². The Bertz CT molecular complexity index is 678. The summed E-state index contributed by atoms with van der Waals surface area (Å²) in [7, 11) is 0. The van der Waals surface area contributed by atoms with E-state index < -0.39 is 0 Å². The molecule has 2 bridgehead atoms. The molecule has 0 unspecified atom stereocenters. The molecule has 0 spiro atoms. The van der Waals surface area contributed by atoms with Crippen molar-refractivity contribution in [1.29, 1.82) is 0 Å². The third-order valence-electron chi connectivity index (χ3n) is 4.45. The first-order valence-electron chi connectivity index (χ1n) is 8.07. The molecule has 0 saturated heterocycles. The number of nitrogens with one attached hydrogen (secondary N) is 3. The average molecular weight is 416 g/mol. The summed E-state index contributed by atoms with van der Waals surface area (Å²) in [5, 5.41) is 4.96. The maximum atomic E-state index is 11.9. The van der Waals surface area contributed by atoms with Gasteiger partial charge in [-0.05, 0) is 54.6 Å². The van der Waals surface area contributed by atoms with Gasteiger partial charge in [-0.2, -0.15) is 0 Å². The van der Waals surface area contributed by atoms with Crippen LogP contribution in [0.2, 0.25) is 10.0 Å². The molecular formula is C17H19Cl2N3OS2. The van der Waals surface area contributed by atoms with E-state index in [0.717, 1.165) is 12.0 Å². The summed E-state index contributed by atoms with van der Waals surface area (Å²) in [6.07, 6.45) is 6.84. The van der Waals surface area contributed by atoms with E-state index in [1.54, 1.807) is 18.2 Å². The Balaban J connectivity index is 1.34. The maximum absolute atomic E-state index is 11.9. The van der Waals surface area contributed by atoms with Crippen molar-refractivity contribution in [3.8, 4) is 0 Å². The van der Waals surface area contributed by atoms with Gasteiger partial charge in [0.05, 0.1) is 5.75 Å². The van der Waals surface area contributed by atoms with Crippen LogP contribution in [0.4, 0.5) is 0 Å². The lowest BCUT2D eigenvalue weighted by molar-refractivity contribution is -0.119. The number of halogens is 2. The van der Waals surface area contributed by atoms with E-state index in [1.807, 2.05) is 0 Å². The Morgan fingerprint density at radius 1 is 1.20 bits per heavy atom. The number of benzene rings is 1. The standard InChI is InChI=1S/C17H19Cl2N3OS2/c18-13-2-1-3-14(19)12(13)8-25-9-16(23)21-22-17(24)20-15-7-10-4-5-11(15)6-10/h1-5,10-11,15H,6-9H2,(H,21,23)(H2,20,22,24)/t10-,11+,15+/m1/s1. The molecule has 3 rings (SSSR count). The molecule has 8 heteroatoms. The summed E-state index contributed by atoms with van der Waals surface area (Å²) in [5.74, 6) is 1.94. The molecule has 1 fully saturated rings. The van der Waals surface area contributed by atoms with Gasteiger partial charge in [-0.25, -0.2) is 0 Å². The zero-order valence-corrected chi connectivity index (χ0v) is 16.6. The van der Waals surface area contributed by atoms with Gasteiger partial charge >= 0.3 is 0 Å². The minimum Gasteiger partial charge on any atom is -0.358 e. The summed E-state index contributed by atoms with van der Waals surface area (Å²) in [5.41, 5.74) is 6.24. The number of thiocarbonyl (C=S) groups is 1. The summed E-state index contributed by atoms with van der Waals surface area (Å²) in [6.45, 7) is 0. The third-order valence-corrected chi connectivity index (χ3v) is 6.34. The van der Waals surface area contributed by atoms with Gasteiger partial charge in [-0.3, -0.25) is 15.6 Å². The largest absolute Gasteiger partial charge is 0.358 e. The fourth-order valence-electron chi connectivity index (χ4n) is 3.23. The average Bonchev–Trinajstić information content (AvgIpc) is 3.18. The summed E-state index contributed by atoms with van der Waals surface area (Å²) in [6, 6.07) is 5.75. The lowest BCUT2D eigenvalue weighted by Gasteiger charge is -2.22. The van der Waals surface area contributed by atoms with Crippen LogP contribution < -0.4 is 16.2 Å². The van der Waals surface area contributed by atoms with E-state index in [2.05, 4.69) is 28.3 Å². The first-order valence-corrected chi connectivity index (χ1v) is 10.4. The third kappa shape index (κ3) is 5.03. The number of amides is 1. The molecule has 1 aromatic carbocycles. The highest BCUT2D eigenvalue weighted by Crippen LogP contribution is 2.38. The number of carbonyl (C=O) groups excluding carboxylic acids is 1. The molecule has 2 aliphatic rings. The van der Waals surface area contributed by atoms with Gasteiger partial charge in [0.15, 0.2) is 5.11 Å². The van der Waals surface area contributed by atoms with Crippen LogP contribution in [0.3, 0.4) is 0 Å². The number of allylic oxidation sites excluding steroid dienone is 1. The Morgan fingerprint density at radius 2 is 1.96 bits per heavy atom. The minimum atomic E-state index is -0.148. The van der Waals surface area contributed by atoms with Crippen LogP contribution in [0.15, 0.2) is 30.4 Å². The normalized spacial score (nSPS) is 23.5. The van der Waals surface area contributed by atoms with Crippen molar-refractivity contribution in [3.05, 3.63) is 46.0 Å². The Kier molecular flexibility index (Phi) is 6.49. The smallest absolute Gasteiger partial charge is 0.248 e. The topological polar surface area (TPSA) is 53.2 Å². The van der Waals surface area contributed by atoms with Crippen molar-refractivity contribution in [2.45, 2.75) is 24.6 Å². The van der Waals surface area contributed by atoms with Crippen LogP contribution in [-0.4, -0.2) is 22.8 Å². The Morgan fingerprint density at radius 3 is 2.60 bits per heavy atom. The van der Waals surface area contributed by atoms with Crippen LogP contribution in [0.1, 0.15) is 18.4 Å². The molecule has 1 amide bonds. The molecule has 4 nitrogen and oxygen atoms in total. The van der Waals surface area contributed by atoms with E-state index in [4.69, 9.17) is 35.4 Å². The number of hydrazine groups is 1. The number of carbonyl (C=O) groups is 1. The van der Waals surface area contributed by atoms with Crippen LogP contribution in [0, 0.1) is 11.8 Å². The minimum absolute atomic E-state index is 0.148. The zero-order chi connectivity index (χ0) is 17.8. The highest BCUT2D eigenvalue weighted by Gasteiger charge is 2.35. The van der Waals surface area contributed by atoms with E-state index in [9.17, 15) is 4.79 Å². The van der Waals surface area contributed by atoms with Crippen LogP contribution in [0.25, 0.3) is 0 Å². The summed E-state index contributed by atoms with van der Waals surface area (Å²) in [4.78, 5) is 11.9. The Hall–Kier alpha value is -0.950. The molecule has 1 saturated carbocycles. The van der Waals surface area contributed by atoms with Gasteiger partial charge in [-0.15, -0.1) is 11.8 Å². The van der Waals surface area contributed by atoms with Crippen molar-refractivity contribution in [2.75, 3.05) is 5.75 Å². The highest BCUT2D eigenvalue weighted by atomic mass is 35.5. The first-order chi connectivity index (χ1) is 12.0. The van der Waals surface area contributed by atoms with E-state index in [1.165, 1.54) is 18.2 Å².